The second-order valence-electron chi connectivity index (χ2n) is 5.15. The monoisotopic (exact) mass is 298 g/mol. The van der Waals surface area contributed by atoms with Gasteiger partial charge in [-0.1, -0.05) is 13.8 Å². The minimum Gasteiger partial charge on any atom is -0.479 e. The number of carbonyl (C=O) groups excluding carboxylic acids is 1. The Kier molecular flexibility index (Phi) is 4.01. The van der Waals surface area contributed by atoms with Crippen LogP contribution in [0.2, 0.25) is 0 Å². The van der Waals surface area contributed by atoms with Gasteiger partial charge in [0.25, 0.3) is 5.91 Å². The van der Waals surface area contributed by atoms with Crippen LogP contribution in [0.25, 0.3) is 0 Å². The third kappa shape index (κ3) is 3.10. The zero-order valence-electron chi connectivity index (χ0n) is 11.6. The first kappa shape index (κ1) is 14.8. The van der Waals surface area contributed by atoms with Gasteiger partial charge in [0.1, 0.15) is 5.75 Å². The van der Waals surface area contributed by atoms with Gasteiger partial charge in [-0.05, 0) is 25.0 Å². The molecular formula is C13H18N2O4S. The molecule has 0 fully saturated rings. The van der Waals surface area contributed by atoms with Crippen molar-refractivity contribution in [3.05, 3.63) is 18.2 Å². The van der Waals surface area contributed by atoms with Crippen LogP contribution in [-0.4, -0.2) is 27.0 Å². The Morgan fingerprint density at radius 3 is 2.75 bits per heavy atom. The smallest absolute Gasteiger partial charge is 0.265 e. The fraction of sp³-hybridized carbons (Fsp3) is 0.462. The number of benzene rings is 1. The van der Waals surface area contributed by atoms with E-state index in [2.05, 4.69) is 10.0 Å². The minimum atomic E-state index is -3.56. The molecule has 1 heterocycles. The van der Waals surface area contributed by atoms with Crippen molar-refractivity contribution in [2.24, 2.45) is 5.92 Å². The topological polar surface area (TPSA) is 84.5 Å². The molecule has 2 rings (SSSR count). The molecule has 6 nitrogen and oxygen atoms in total. The molecule has 1 unspecified atom stereocenters. The van der Waals surface area contributed by atoms with Gasteiger partial charge in [-0.15, -0.1) is 0 Å². The van der Waals surface area contributed by atoms with Crippen LogP contribution in [-0.2, 0) is 14.8 Å². The summed E-state index contributed by atoms with van der Waals surface area (Å²) in [6.45, 7) is 5.83. The highest BCUT2D eigenvalue weighted by Gasteiger charge is 2.25. The number of nitrogens with one attached hydrogen (secondary N) is 2. The Balaban J connectivity index is 2.27. The van der Waals surface area contributed by atoms with E-state index in [1.807, 2.05) is 13.8 Å². The summed E-state index contributed by atoms with van der Waals surface area (Å²) in [5.74, 6) is 0.341. The quantitative estimate of drug-likeness (QED) is 0.878. The lowest BCUT2D eigenvalue weighted by Gasteiger charge is -2.23. The fourth-order valence-corrected chi connectivity index (χ4v) is 2.94. The van der Waals surface area contributed by atoms with Gasteiger partial charge in [0.15, 0.2) is 6.10 Å². The standard InChI is InChI=1S/C13H18N2O4S/c1-8(2)7-14-20(17,18)10-4-5-11-12(6-10)19-9(3)13(16)15-11/h4-6,8-9,14H,7H2,1-3H3,(H,15,16). The number of rotatable bonds is 4. The van der Waals surface area contributed by atoms with E-state index in [0.717, 1.165) is 0 Å². The number of amides is 1. The van der Waals surface area contributed by atoms with Crippen LogP contribution in [0.3, 0.4) is 0 Å². The minimum absolute atomic E-state index is 0.125. The number of carbonyl (C=O) groups is 1. The third-order valence-electron chi connectivity index (χ3n) is 2.88. The highest BCUT2D eigenvalue weighted by atomic mass is 32.2. The van der Waals surface area contributed by atoms with Crippen LogP contribution in [0.4, 0.5) is 5.69 Å². The summed E-state index contributed by atoms with van der Waals surface area (Å²) in [6, 6.07) is 4.40. The first-order valence-electron chi connectivity index (χ1n) is 6.41. The fourth-order valence-electron chi connectivity index (χ4n) is 1.71. The first-order valence-corrected chi connectivity index (χ1v) is 7.89. The van der Waals surface area contributed by atoms with Crippen molar-refractivity contribution in [3.8, 4) is 5.75 Å². The molecule has 2 N–H and O–H groups in total. The number of ether oxygens (including phenoxy) is 1. The third-order valence-corrected chi connectivity index (χ3v) is 4.30. The van der Waals surface area contributed by atoms with Crippen LogP contribution < -0.4 is 14.8 Å². The van der Waals surface area contributed by atoms with E-state index < -0.39 is 16.1 Å². The van der Waals surface area contributed by atoms with Crippen molar-refractivity contribution in [3.63, 3.8) is 0 Å². The second kappa shape index (κ2) is 5.41. The van der Waals surface area contributed by atoms with Crippen molar-refractivity contribution in [1.82, 2.24) is 4.72 Å². The number of fused-ring (bicyclic) bond motifs is 1. The number of hydrogen-bond donors (Lipinski definition) is 2. The van der Waals surface area contributed by atoms with E-state index >= 15 is 0 Å². The first-order chi connectivity index (χ1) is 9.29. The molecule has 7 heteroatoms. The van der Waals surface area contributed by atoms with E-state index in [9.17, 15) is 13.2 Å². The molecule has 0 saturated carbocycles. The highest BCUT2D eigenvalue weighted by Crippen LogP contribution is 2.31. The van der Waals surface area contributed by atoms with Crippen LogP contribution >= 0.6 is 0 Å². The van der Waals surface area contributed by atoms with Gasteiger partial charge in [-0.3, -0.25) is 4.79 Å². The van der Waals surface area contributed by atoms with Gasteiger partial charge in [0.05, 0.1) is 10.6 Å². The van der Waals surface area contributed by atoms with E-state index in [1.165, 1.54) is 18.2 Å². The zero-order chi connectivity index (χ0) is 14.9. The molecule has 0 saturated heterocycles. The maximum absolute atomic E-state index is 12.1. The van der Waals surface area contributed by atoms with Gasteiger partial charge < -0.3 is 10.1 Å². The van der Waals surface area contributed by atoms with Crippen LogP contribution in [0, 0.1) is 5.92 Å². The number of anilines is 1. The summed E-state index contributed by atoms with van der Waals surface area (Å²) < 4.78 is 32.2. The normalized spacial score (nSPS) is 18.4. The van der Waals surface area contributed by atoms with E-state index in [1.54, 1.807) is 6.92 Å². The highest BCUT2D eigenvalue weighted by molar-refractivity contribution is 7.89. The van der Waals surface area contributed by atoms with Gasteiger partial charge in [-0.25, -0.2) is 13.1 Å². The molecule has 1 aliphatic heterocycles. The Bertz CT molecular complexity index is 625. The van der Waals surface area contributed by atoms with Crippen molar-refractivity contribution in [1.29, 1.82) is 0 Å². The predicted octanol–water partition coefficient (Wildman–Crippen LogP) is 1.34. The molecule has 1 aromatic rings. The van der Waals surface area contributed by atoms with Gasteiger partial charge in [-0.2, -0.15) is 0 Å². The molecule has 1 amide bonds. The van der Waals surface area contributed by atoms with Crippen molar-refractivity contribution in [2.45, 2.75) is 31.8 Å². The Morgan fingerprint density at radius 2 is 2.10 bits per heavy atom. The summed E-state index contributed by atoms with van der Waals surface area (Å²) in [6.07, 6.45) is -0.635. The zero-order valence-corrected chi connectivity index (χ0v) is 12.5. The molecule has 20 heavy (non-hydrogen) atoms. The maximum atomic E-state index is 12.1. The molecular weight excluding hydrogens is 280 g/mol. The lowest BCUT2D eigenvalue weighted by atomic mass is 10.2. The molecule has 0 spiro atoms. The van der Waals surface area contributed by atoms with E-state index in [4.69, 9.17) is 4.74 Å². The number of sulfonamides is 1. The Morgan fingerprint density at radius 1 is 1.40 bits per heavy atom. The molecule has 0 aliphatic carbocycles. The van der Waals surface area contributed by atoms with Crippen molar-refractivity contribution >= 4 is 21.6 Å². The second-order valence-corrected chi connectivity index (χ2v) is 6.92. The number of hydrogen-bond acceptors (Lipinski definition) is 4. The molecule has 1 atom stereocenters. The average Bonchev–Trinajstić information content (AvgIpc) is 2.37. The predicted molar refractivity (Wildman–Crippen MR) is 75.2 cm³/mol. The average molecular weight is 298 g/mol. The SMILES string of the molecule is CC(C)CNS(=O)(=O)c1ccc2c(c1)OC(C)C(=O)N2. The molecule has 0 aromatic heterocycles. The van der Waals surface area contributed by atoms with E-state index in [0.29, 0.717) is 18.0 Å². The maximum Gasteiger partial charge on any atom is 0.265 e. The van der Waals surface area contributed by atoms with Crippen molar-refractivity contribution in [2.75, 3.05) is 11.9 Å². The molecule has 110 valence electrons. The molecule has 1 aliphatic rings. The summed E-state index contributed by atoms with van der Waals surface area (Å²) >= 11 is 0. The lowest BCUT2D eigenvalue weighted by Crippen LogP contribution is -2.34. The van der Waals surface area contributed by atoms with Crippen LogP contribution in [0.15, 0.2) is 23.1 Å². The summed E-state index contributed by atoms with van der Waals surface area (Å²) in [5.41, 5.74) is 0.482. The molecule has 0 radical (unpaired) electrons. The summed E-state index contributed by atoms with van der Waals surface area (Å²) in [7, 11) is -3.56. The lowest BCUT2D eigenvalue weighted by molar-refractivity contribution is -0.122. The summed E-state index contributed by atoms with van der Waals surface area (Å²) in [5, 5.41) is 2.66. The molecule has 0 bridgehead atoms. The summed E-state index contributed by atoms with van der Waals surface area (Å²) in [4.78, 5) is 11.6. The van der Waals surface area contributed by atoms with Gasteiger partial charge in [0, 0.05) is 12.6 Å². The van der Waals surface area contributed by atoms with Gasteiger partial charge in [0.2, 0.25) is 10.0 Å². The molecule has 1 aromatic carbocycles. The Labute approximate surface area is 118 Å². The largest absolute Gasteiger partial charge is 0.479 e. The Hall–Kier alpha value is -1.60. The van der Waals surface area contributed by atoms with Gasteiger partial charge >= 0.3 is 0 Å². The van der Waals surface area contributed by atoms with Crippen LogP contribution in [0.1, 0.15) is 20.8 Å². The van der Waals surface area contributed by atoms with Crippen molar-refractivity contribution < 1.29 is 17.9 Å². The van der Waals surface area contributed by atoms with E-state index in [-0.39, 0.29) is 16.7 Å². The van der Waals surface area contributed by atoms with Crippen LogP contribution in [0.5, 0.6) is 5.75 Å².